The van der Waals surface area contributed by atoms with E-state index in [4.69, 9.17) is 0 Å². The number of rotatable bonds is 2. The number of carbonyl (C=O) groups excluding carboxylic acids is 2. The van der Waals surface area contributed by atoms with Gasteiger partial charge in [-0.25, -0.2) is 4.98 Å². The molecule has 3 rings (SSSR count). The molecule has 2 amide bonds. The first-order valence-electron chi connectivity index (χ1n) is 7.96. The molecule has 1 aliphatic heterocycles. The first-order chi connectivity index (χ1) is 11.3. The molecule has 0 atom stereocenters. The van der Waals surface area contributed by atoms with Gasteiger partial charge in [-0.3, -0.25) is 9.59 Å². The summed E-state index contributed by atoms with van der Waals surface area (Å²) in [5.74, 6) is 0.392. The van der Waals surface area contributed by atoms with E-state index < -0.39 is 0 Å². The van der Waals surface area contributed by atoms with E-state index in [1.807, 2.05) is 12.1 Å². The molecule has 2 N–H and O–H groups in total. The molecule has 0 saturated heterocycles. The number of fused-ring (bicyclic) bond motifs is 1. The number of benzene rings is 1. The molecule has 0 unspecified atom stereocenters. The lowest BCUT2D eigenvalue weighted by atomic mass is 9.88. The number of aromatic amines is 1. The Morgan fingerprint density at radius 1 is 1.29 bits per heavy atom. The molecule has 0 bridgehead atoms. The Balaban J connectivity index is 2.00. The van der Waals surface area contributed by atoms with Gasteiger partial charge < -0.3 is 15.2 Å². The third-order valence-corrected chi connectivity index (χ3v) is 4.17. The standard InChI is InChI=1S/C18H22N4O2/c1-18(2)9-13-14(16(23)19-10-18)21-15(20-13)11-6-5-7-12(8-11)17(24)22(3)4/h5-8H,9-10H2,1-4H3,(H,19,23)(H,20,21). The molecule has 2 aromatic rings. The Labute approximate surface area is 141 Å². The minimum atomic E-state index is -0.154. The van der Waals surface area contributed by atoms with E-state index in [1.54, 1.807) is 26.2 Å². The highest BCUT2D eigenvalue weighted by Crippen LogP contribution is 2.28. The lowest BCUT2D eigenvalue weighted by molar-refractivity contribution is 0.0827. The fourth-order valence-electron chi connectivity index (χ4n) is 2.86. The van der Waals surface area contributed by atoms with Crippen LogP contribution in [0.1, 0.15) is 40.4 Å². The number of H-pyrrole nitrogens is 1. The second kappa shape index (κ2) is 5.78. The molecule has 6 heteroatoms. The van der Waals surface area contributed by atoms with E-state index in [0.717, 1.165) is 17.7 Å². The van der Waals surface area contributed by atoms with Crippen molar-refractivity contribution < 1.29 is 9.59 Å². The van der Waals surface area contributed by atoms with E-state index in [0.29, 0.717) is 23.6 Å². The zero-order valence-corrected chi connectivity index (χ0v) is 14.4. The highest BCUT2D eigenvalue weighted by molar-refractivity contribution is 5.96. The van der Waals surface area contributed by atoms with Crippen LogP contribution in [0.5, 0.6) is 0 Å². The van der Waals surface area contributed by atoms with Crippen molar-refractivity contribution in [2.24, 2.45) is 5.41 Å². The van der Waals surface area contributed by atoms with Crippen LogP contribution in [0.2, 0.25) is 0 Å². The number of carbonyl (C=O) groups is 2. The fourth-order valence-corrected chi connectivity index (χ4v) is 2.86. The highest BCUT2D eigenvalue weighted by atomic mass is 16.2. The Kier molecular flexibility index (Phi) is 3.91. The number of hydrogen-bond donors (Lipinski definition) is 2. The maximum absolute atomic E-state index is 12.2. The van der Waals surface area contributed by atoms with Crippen molar-refractivity contribution in [3.8, 4) is 11.4 Å². The normalized spacial score (nSPS) is 16.1. The summed E-state index contributed by atoms with van der Waals surface area (Å²) in [5.41, 5.74) is 2.64. The average Bonchev–Trinajstić information content (AvgIpc) is 2.91. The van der Waals surface area contributed by atoms with Crippen LogP contribution in [0, 0.1) is 5.41 Å². The first kappa shape index (κ1) is 16.2. The molecule has 1 aromatic heterocycles. The van der Waals surface area contributed by atoms with E-state index in [1.165, 1.54) is 4.90 Å². The van der Waals surface area contributed by atoms with Crippen LogP contribution in [0.3, 0.4) is 0 Å². The zero-order valence-electron chi connectivity index (χ0n) is 14.4. The predicted octanol–water partition coefficient (Wildman–Crippen LogP) is 2.09. The summed E-state index contributed by atoms with van der Waals surface area (Å²) in [6.07, 6.45) is 0.740. The van der Waals surface area contributed by atoms with Crippen LogP contribution in [-0.4, -0.2) is 47.3 Å². The third kappa shape index (κ3) is 3.04. The van der Waals surface area contributed by atoms with Crippen LogP contribution in [-0.2, 0) is 6.42 Å². The summed E-state index contributed by atoms with van der Waals surface area (Å²) in [5, 5.41) is 2.92. The zero-order chi connectivity index (χ0) is 17.5. The smallest absolute Gasteiger partial charge is 0.271 e. The molecule has 1 aromatic carbocycles. The summed E-state index contributed by atoms with van der Waals surface area (Å²) < 4.78 is 0. The van der Waals surface area contributed by atoms with Gasteiger partial charge >= 0.3 is 0 Å². The van der Waals surface area contributed by atoms with E-state index in [9.17, 15) is 9.59 Å². The van der Waals surface area contributed by atoms with Gasteiger partial charge in [0.2, 0.25) is 0 Å². The number of nitrogens with zero attached hydrogens (tertiary/aromatic N) is 2. The van der Waals surface area contributed by atoms with E-state index in [2.05, 4.69) is 29.1 Å². The predicted molar refractivity (Wildman–Crippen MR) is 91.9 cm³/mol. The third-order valence-electron chi connectivity index (χ3n) is 4.17. The molecule has 0 radical (unpaired) electrons. The molecule has 0 saturated carbocycles. The van der Waals surface area contributed by atoms with Crippen LogP contribution in [0.15, 0.2) is 24.3 Å². The van der Waals surface area contributed by atoms with Gasteiger partial charge in [0.05, 0.1) is 0 Å². The second-order valence-corrected chi connectivity index (χ2v) is 7.22. The van der Waals surface area contributed by atoms with Crippen LogP contribution in [0.4, 0.5) is 0 Å². The van der Waals surface area contributed by atoms with Gasteiger partial charge in [-0.05, 0) is 24.0 Å². The highest BCUT2D eigenvalue weighted by Gasteiger charge is 2.30. The summed E-state index contributed by atoms with van der Waals surface area (Å²) in [6, 6.07) is 7.27. The van der Waals surface area contributed by atoms with Crippen molar-refractivity contribution in [3.63, 3.8) is 0 Å². The van der Waals surface area contributed by atoms with Gasteiger partial charge in [-0.1, -0.05) is 26.0 Å². The average molecular weight is 326 g/mol. The molecule has 2 heterocycles. The van der Waals surface area contributed by atoms with Crippen LogP contribution >= 0.6 is 0 Å². The fraction of sp³-hybridized carbons (Fsp3) is 0.389. The summed E-state index contributed by atoms with van der Waals surface area (Å²) in [7, 11) is 3.44. The lowest BCUT2D eigenvalue weighted by Gasteiger charge is -2.21. The lowest BCUT2D eigenvalue weighted by Crippen LogP contribution is -2.32. The maximum atomic E-state index is 12.2. The number of hydrogen-bond acceptors (Lipinski definition) is 3. The molecule has 126 valence electrons. The Morgan fingerprint density at radius 3 is 2.75 bits per heavy atom. The van der Waals surface area contributed by atoms with Crippen molar-refractivity contribution in [1.82, 2.24) is 20.2 Å². The maximum Gasteiger partial charge on any atom is 0.271 e. The van der Waals surface area contributed by atoms with E-state index >= 15 is 0 Å². The van der Waals surface area contributed by atoms with Crippen molar-refractivity contribution in [2.75, 3.05) is 20.6 Å². The van der Waals surface area contributed by atoms with Gasteiger partial charge in [0.25, 0.3) is 11.8 Å². The second-order valence-electron chi connectivity index (χ2n) is 7.22. The van der Waals surface area contributed by atoms with Gasteiger partial charge in [0, 0.05) is 37.5 Å². The number of amides is 2. The number of nitrogens with one attached hydrogen (secondary N) is 2. The van der Waals surface area contributed by atoms with Gasteiger partial charge in [-0.2, -0.15) is 0 Å². The summed E-state index contributed by atoms with van der Waals surface area (Å²) in [4.78, 5) is 33.7. The van der Waals surface area contributed by atoms with Crippen molar-refractivity contribution >= 4 is 11.8 Å². The topological polar surface area (TPSA) is 78.1 Å². The Morgan fingerprint density at radius 2 is 2.04 bits per heavy atom. The Hall–Kier alpha value is -2.63. The minimum absolute atomic E-state index is 0.0343. The quantitative estimate of drug-likeness (QED) is 0.887. The molecular formula is C18H22N4O2. The number of imidazole rings is 1. The molecule has 6 nitrogen and oxygen atoms in total. The van der Waals surface area contributed by atoms with Crippen molar-refractivity contribution in [3.05, 3.63) is 41.2 Å². The van der Waals surface area contributed by atoms with Crippen molar-refractivity contribution in [2.45, 2.75) is 20.3 Å². The van der Waals surface area contributed by atoms with Gasteiger partial charge in [-0.15, -0.1) is 0 Å². The molecule has 1 aliphatic rings. The molecule has 0 fully saturated rings. The van der Waals surface area contributed by atoms with E-state index in [-0.39, 0.29) is 17.2 Å². The summed E-state index contributed by atoms with van der Waals surface area (Å²) >= 11 is 0. The van der Waals surface area contributed by atoms with Gasteiger partial charge in [0.15, 0.2) is 0 Å². The van der Waals surface area contributed by atoms with Crippen LogP contribution in [0.25, 0.3) is 11.4 Å². The molecular weight excluding hydrogens is 304 g/mol. The molecule has 0 spiro atoms. The summed E-state index contributed by atoms with van der Waals surface area (Å²) in [6.45, 7) is 4.84. The molecule has 0 aliphatic carbocycles. The van der Waals surface area contributed by atoms with Crippen molar-refractivity contribution in [1.29, 1.82) is 0 Å². The van der Waals surface area contributed by atoms with Crippen LogP contribution < -0.4 is 5.32 Å². The number of aromatic nitrogens is 2. The largest absolute Gasteiger partial charge is 0.350 e. The first-order valence-corrected chi connectivity index (χ1v) is 7.96. The monoisotopic (exact) mass is 326 g/mol. The minimum Gasteiger partial charge on any atom is -0.350 e. The SMILES string of the molecule is CN(C)C(=O)c1cccc(-c2nc3c([nH]2)CC(C)(C)CNC3=O)c1. The Bertz CT molecular complexity index is 805. The van der Waals surface area contributed by atoms with Gasteiger partial charge in [0.1, 0.15) is 11.5 Å². The molecule has 24 heavy (non-hydrogen) atoms.